The molecule has 1 N–H and O–H groups in total. The third-order valence-corrected chi connectivity index (χ3v) is 5.01. The molecule has 0 aliphatic heterocycles. The monoisotopic (exact) mass is 405 g/mol. The summed E-state index contributed by atoms with van der Waals surface area (Å²) in [5, 5.41) is 3.00. The van der Waals surface area contributed by atoms with Crippen molar-refractivity contribution in [2.45, 2.75) is 19.4 Å². The van der Waals surface area contributed by atoms with E-state index >= 15 is 0 Å². The number of carbonyl (C=O) groups excluding carboxylic acids is 1. The molecule has 0 fully saturated rings. The van der Waals surface area contributed by atoms with E-state index in [0.717, 1.165) is 24.0 Å². The Morgan fingerprint density at radius 2 is 1.43 bits per heavy atom. The average Bonchev–Trinajstić information content (AvgIpc) is 2.81. The zero-order valence-corrected chi connectivity index (χ0v) is 17.6. The van der Waals surface area contributed by atoms with Crippen LogP contribution in [0.4, 0.5) is 0 Å². The third-order valence-electron chi connectivity index (χ3n) is 5.01. The maximum Gasteiger partial charge on any atom is 0.251 e. The largest absolute Gasteiger partial charge is 0.493 e. The zero-order valence-electron chi connectivity index (χ0n) is 17.6. The SMILES string of the molecule is COc1ccc(CNC(=O)c2ccccc2CCc2ccccc2)c(OC)c1OC. The first-order valence-corrected chi connectivity index (χ1v) is 9.85. The summed E-state index contributed by atoms with van der Waals surface area (Å²) in [7, 11) is 4.71. The number of ether oxygens (including phenoxy) is 3. The summed E-state index contributed by atoms with van der Waals surface area (Å²) in [5.74, 6) is 1.52. The average molecular weight is 405 g/mol. The molecule has 0 saturated heterocycles. The number of hydrogen-bond acceptors (Lipinski definition) is 4. The summed E-state index contributed by atoms with van der Waals surface area (Å²) >= 11 is 0. The Bertz CT molecular complexity index is 986. The molecule has 3 aromatic carbocycles. The second-order valence-corrected chi connectivity index (χ2v) is 6.82. The highest BCUT2D eigenvalue weighted by atomic mass is 16.5. The fraction of sp³-hybridized carbons (Fsp3) is 0.240. The van der Waals surface area contributed by atoms with Crippen molar-refractivity contribution in [2.75, 3.05) is 21.3 Å². The Morgan fingerprint density at radius 3 is 2.13 bits per heavy atom. The summed E-state index contributed by atoms with van der Waals surface area (Å²) in [6, 6.07) is 21.7. The lowest BCUT2D eigenvalue weighted by atomic mass is 9.99. The van der Waals surface area contributed by atoms with Crippen molar-refractivity contribution in [3.05, 3.63) is 89.0 Å². The molecule has 0 saturated carbocycles. The molecule has 5 nitrogen and oxygen atoms in total. The smallest absolute Gasteiger partial charge is 0.251 e. The van der Waals surface area contributed by atoms with E-state index in [9.17, 15) is 4.79 Å². The highest BCUT2D eigenvalue weighted by Crippen LogP contribution is 2.39. The molecule has 3 rings (SSSR count). The predicted octanol–water partition coefficient (Wildman–Crippen LogP) is 4.43. The molecule has 0 radical (unpaired) electrons. The van der Waals surface area contributed by atoms with Gasteiger partial charge in [0.2, 0.25) is 5.75 Å². The standard InChI is InChI=1S/C25H27NO4/c1-28-22-16-15-20(23(29-2)24(22)30-3)17-26-25(27)21-12-8-7-11-19(21)14-13-18-9-5-4-6-10-18/h4-12,15-16H,13-14,17H2,1-3H3,(H,26,27). The van der Waals surface area contributed by atoms with Crippen LogP contribution in [0.2, 0.25) is 0 Å². The van der Waals surface area contributed by atoms with Crippen molar-refractivity contribution < 1.29 is 19.0 Å². The van der Waals surface area contributed by atoms with E-state index in [2.05, 4.69) is 17.4 Å². The van der Waals surface area contributed by atoms with Gasteiger partial charge in [-0.25, -0.2) is 0 Å². The predicted molar refractivity (Wildman–Crippen MR) is 118 cm³/mol. The van der Waals surface area contributed by atoms with Gasteiger partial charge >= 0.3 is 0 Å². The van der Waals surface area contributed by atoms with E-state index in [-0.39, 0.29) is 5.91 Å². The van der Waals surface area contributed by atoms with Gasteiger partial charge < -0.3 is 19.5 Å². The minimum absolute atomic E-state index is 0.115. The lowest BCUT2D eigenvalue weighted by Crippen LogP contribution is -2.24. The molecule has 0 atom stereocenters. The van der Waals surface area contributed by atoms with Gasteiger partial charge in [-0.15, -0.1) is 0 Å². The topological polar surface area (TPSA) is 56.8 Å². The maximum absolute atomic E-state index is 12.9. The van der Waals surface area contributed by atoms with Crippen LogP contribution in [-0.4, -0.2) is 27.2 Å². The summed E-state index contributed by atoms with van der Waals surface area (Å²) in [4.78, 5) is 12.9. The van der Waals surface area contributed by atoms with Gasteiger partial charge in [0.05, 0.1) is 21.3 Å². The fourth-order valence-corrected chi connectivity index (χ4v) is 3.46. The Labute approximate surface area is 177 Å². The van der Waals surface area contributed by atoms with Crippen LogP contribution in [0, 0.1) is 0 Å². The number of methoxy groups -OCH3 is 3. The van der Waals surface area contributed by atoms with Gasteiger partial charge in [-0.3, -0.25) is 4.79 Å². The van der Waals surface area contributed by atoms with Gasteiger partial charge in [0.25, 0.3) is 5.91 Å². The molecule has 0 heterocycles. The van der Waals surface area contributed by atoms with Crippen LogP contribution in [0.1, 0.15) is 27.0 Å². The fourth-order valence-electron chi connectivity index (χ4n) is 3.46. The van der Waals surface area contributed by atoms with E-state index in [1.165, 1.54) is 5.56 Å². The van der Waals surface area contributed by atoms with Gasteiger partial charge in [-0.2, -0.15) is 0 Å². The van der Waals surface area contributed by atoms with E-state index in [1.807, 2.05) is 48.5 Å². The molecule has 3 aromatic rings. The third kappa shape index (κ3) is 4.92. The van der Waals surface area contributed by atoms with Gasteiger partial charge in [-0.05, 0) is 42.2 Å². The van der Waals surface area contributed by atoms with Crippen molar-refractivity contribution in [3.63, 3.8) is 0 Å². The maximum atomic E-state index is 12.9. The Balaban J connectivity index is 1.73. The number of amides is 1. The number of benzene rings is 3. The summed E-state index contributed by atoms with van der Waals surface area (Å²) in [6.07, 6.45) is 1.68. The van der Waals surface area contributed by atoms with Crippen LogP contribution in [0.15, 0.2) is 66.7 Å². The normalized spacial score (nSPS) is 10.4. The molecule has 0 aliphatic rings. The molecule has 30 heavy (non-hydrogen) atoms. The van der Waals surface area contributed by atoms with Crippen molar-refractivity contribution in [3.8, 4) is 17.2 Å². The summed E-state index contributed by atoms with van der Waals surface area (Å²) in [5.41, 5.74) is 3.78. The number of hydrogen-bond donors (Lipinski definition) is 1. The minimum Gasteiger partial charge on any atom is -0.493 e. The van der Waals surface area contributed by atoms with E-state index in [1.54, 1.807) is 27.4 Å². The van der Waals surface area contributed by atoms with Crippen molar-refractivity contribution in [2.24, 2.45) is 0 Å². The number of nitrogens with one attached hydrogen (secondary N) is 1. The van der Waals surface area contributed by atoms with Gasteiger partial charge in [0, 0.05) is 17.7 Å². The second kappa shape index (κ2) is 10.3. The first kappa shape index (κ1) is 21.2. The molecular weight excluding hydrogens is 378 g/mol. The van der Waals surface area contributed by atoms with Crippen LogP contribution in [0.5, 0.6) is 17.2 Å². The van der Waals surface area contributed by atoms with Crippen LogP contribution < -0.4 is 19.5 Å². The first-order chi connectivity index (χ1) is 14.7. The Kier molecular flexibility index (Phi) is 7.33. The molecule has 0 bridgehead atoms. The van der Waals surface area contributed by atoms with Crippen LogP contribution in [0.3, 0.4) is 0 Å². The Morgan fingerprint density at radius 1 is 0.733 bits per heavy atom. The second-order valence-electron chi connectivity index (χ2n) is 6.82. The molecule has 1 amide bonds. The summed E-state index contributed by atoms with van der Waals surface area (Å²) < 4.78 is 16.2. The van der Waals surface area contributed by atoms with Gasteiger partial charge in [-0.1, -0.05) is 48.5 Å². The van der Waals surface area contributed by atoms with Crippen molar-refractivity contribution >= 4 is 5.91 Å². The Hall–Kier alpha value is -3.47. The molecule has 5 heteroatoms. The highest BCUT2D eigenvalue weighted by molar-refractivity contribution is 5.95. The lowest BCUT2D eigenvalue weighted by Gasteiger charge is -2.16. The van der Waals surface area contributed by atoms with Crippen LogP contribution in [-0.2, 0) is 19.4 Å². The van der Waals surface area contributed by atoms with E-state index in [0.29, 0.717) is 29.4 Å². The summed E-state index contributed by atoms with van der Waals surface area (Å²) in [6.45, 7) is 0.315. The zero-order chi connectivity index (χ0) is 21.3. The number of carbonyl (C=O) groups is 1. The molecule has 156 valence electrons. The van der Waals surface area contributed by atoms with Gasteiger partial charge in [0.1, 0.15) is 0 Å². The lowest BCUT2D eigenvalue weighted by molar-refractivity contribution is 0.0949. The van der Waals surface area contributed by atoms with E-state index < -0.39 is 0 Å². The van der Waals surface area contributed by atoms with Crippen LogP contribution in [0.25, 0.3) is 0 Å². The number of aryl methyl sites for hydroxylation is 2. The molecule has 0 aromatic heterocycles. The molecular formula is C25H27NO4. The van der Waals surface area contributed by atoms with Gasteiger partial charge in [0.15, 0.2) is 11.5 Å². The van der Waals surface area contributed by atoms with Crippen LogP contribution >= 0.6 is 0 Å². The van der Waals surface area contributed by atoms with E-state index in [4.69, 9.17) is 14.2 Å². The molecule has 0 spiro atoms. The van der Waals surface area contributed by atoms with Crippen molar-refractivity contribution in [1.82, 2.24) is 5.32 Å². The number of rotatable bonds is 9. The minimum atomic E-state index is -0.115. The molecule has 0 aliphatic carbocycles. The highest BCUT2D eigenvalue weighted by Gasteiger charge is 2.17. The van der Waals surface area contributed by atoms with Crippen molar-refractivity contribution in [1.29, 1.82) is 0 Å². The molecule has 0 unspecified atom stereocenters. The quantitative estimate of drug-likeness (QED) is 0.572. The first-order valence-electron chi connectivity index (χ1n) is 9.85.